The number of benzene rings is 1. The fraction of sp³-hybridized carbons (Fsp3) is 0.357. The Balaban J connectivity index is 2.35. The molecule has 0 atom stereocenters. The third kappa shape index (κ3) is 2.23. The van der Waals surface area contributed by atoms with Crippen molar-refractivity contribution in [3.63, 3.8) is 0 Å². The molecule has 0 unspecified atom stereocenters. The number of aromatic nitrogens is 1. The van der Waals surface area contributed by atoms with Gasteiger partial charge in [-0.2, -0.15) is 0 Å². The Labute approximate surface area is 105 Å². The Morgan fingerprint density at radius 1 is 1.39 bits per heavy atom. The largest absolute Gasteiger partial charge is 0.469 e. The number of hydrogen-bond donors (Lipinski definition) is 0. The van der Waals surface area contributed by atoms with Crippen LogP contribution in [0, 0.1) is 11.2 Å². The highest BCUT2D eigenvalue weighted by Crippen LogP contribution is 2.24. The molecular formula is C14H16FNO2. The molecule has 0 saturated heterocycles. The number of carbonyl (C=O) groups is 1. The zero-order valence-electron chi connectivity index (χ0n) is 10.7. The molecule has 0 fully saturated rings. The molecular weight excluding hydrogens is 233 g/mol. The Kier molecular flexibility index (Phi) is 3.11. The first-order chi connectivity index (χ1) is 8.44. The Morgan fingerprint density at radius 3 is 2.78 bits per heavy atom. The van der Waals surface area contributed by atoms with E-state index in [1.54, 1.807) is 6.07 Å². The smallest absolute Gasteiger partial charge is 0.313 e. The standard InChI is InChI=1S/C14H16FNO2/c1-14(2,13(17)18-3)9-16-7-6-10-8-11(15)4-5-12(10)16/h4-8H,9H2,1-3H3. The van der Waals surface area contributed by atoms with Gasteiger partial charge in [0.25, 0.3) is 0 Å². The van der Waals surface area contributed by atoms with Gasteiger partial charge >= 0.3 is 5.97 Å². The lowest BCUT2D eigenvalue weighted by molar-refractivity contribution is -0.151. The monoisotopic (exact) mass is 249 g/mol. The Morgan fingerprint density at radius 2 is 2.11 bits per heavy atom. The van der Waals surface area contributed by atoms with Crippen LogP contribution in [0.2, 0.25) is 0 Å². The molecule has 1 aromatic heterocycles. The van der Waals surface area contributed by atoms with E-state index in [-0.39, 0.29) is 11.8 Å². The third-order valence-electron chi connectivity index (χ3n) is 3.04. The molecule has 18 heavy (non-hydrogen) atoms. The number of halogens is 1. The predicted molar refractivity (Wildman–Crippen MR) is 67.7 cm³/mol. The van der Waals surface area contributed by atoms with E-state index in [4.69, 9.17) is 4.74 Å². The van der Waals surface area contributed by atoms with E-state index in [0.29, 0.717) is 6.54 Å². The van der Waals surface area contributed by atoms with Crippen molar-refractivity contribution in [2.75, 3.05) is 7.11 Å². The molecule has 96 valence electrons. The van der Waals surface area contributed by atoms with Crippen LogP contribution in [0.3, 0.4) is 0 Å². The fourth-order valence-corrected chi connectivity index (χ4v) is 2.08. The highest BCUT2D eigenvalue weighted by Gasteiger charge is 2.29. The SMILES string of the molecule is COC(=O)C(C)(C)Cn1ccc2cc(F)ccc21. The van der Waals surface area contributed by atoms with Crippen molar-refractivity contribution in [1.29, 1.82) is 0 Å². The molecule has 2 rings (SSSR count). The van der Waals surface area contributed by atoms with Crippen LogP contribution in [0.1, 0.15) is 13.8 Å². The maximum atomic E-state index is 13.1. The molecule has 0 aliphatic heterocycles. The van der Waals surface area contributed by atoms with Gasteiger partial charge < -0.3 is 9.30 Å². The summed E-state index contributed by atoms with van der Waals surface area (Å²) in [5, 5.41) is 0.829. The topological polar surface area (TPSA) is 31.2 Å². The van der Waals surface area contributed by atoms with Crippen LogP contribution in [0.4, 0.5) is 4.39 Å². The third-order valence-corrected chi connectivity index (χ3v) is 3.04. The van der Waals surface area contributed by atoms with Crippen molar-refractivity contribution in [2.24, 2.45) is 5.41 Å². The maximum absolute atomic E-state index is 13.1. The summed E-state index contributed by atoms with van der Waals surface area (Å²) in [7, 11) is 1.38. The van der Waals surface area contributed by atoms with Gasteiger partial charge in [-0.15, -0.1) is 0 Å². The van der Waals surface area contributed by atoms with Gasteiger partial charge in [0.1, 0.15) is 5.82 Å². The predicted octanol–water partition coefficient (Wildman–Crippen LogP) is 2.98. The van der Waals surface area contributed by atoms with Gasteiger partial charge in [0.15, 0.2) is 0 Å². The highest BCUT2D eigenvalue weighted by atomic mass is 19.1. The van der Waals surface area contributed by atoms with Gasteiger partial charge in [-0.05, 0) is 38.1 Å². The van der Waals surface area contributed by atoms with E-state index in [1.807, 2.05) is 30.7 Å². The normalized spacial score (nSPS) is 11.8. The number of carbonyl (C=O) groups excluding carboxylic acids is 1. The Hall–Kier alpha value is -1.84. The molecule has 0 bridgehead atoms. The van der Waals surface area contributed by atoms with E-state index in [9.17, 15) is 9.18 Å². The number of fused-ring (bicyclic) bond motifs is 1. The zero-order valence-corrected chi connectivity index (χ0v) is 10.7. The molecule has 2 aromatic rings. The number of nitrogens with zero attached hydrogens (tertiary/aromatic N) is 1. The van der Waals surface area contributed by atoms with E-state index < -0.39 is 5.41 Å². The number of hydrogen-bond acceptors (Lipinski definition) is 2. The van der Waals surface area contributed by atoms with Gasteiger partial charge in [0.05, 0.1) is 12.5 Å². The molecule has 0 aliphatic rings. The summed E-state index contributed by atoms with van der Waals surface area (Å²) in [4.78, 5) is 11.7. The van der Waals surface area contributed by atoms with Gasteiger partial charge in [0, 0.05) is 23.6 Å². The second-order valence-electron chi connectivity index (χ2n) is 5.02. The highest BCUT2D eigenvalue weighted by molar-refractivity contribution is 5.81. The minimum Gasteiger partial charge on any atom is -0.469 e. The molecule has 1 heterocycles. The lowest BCUT2D eigenvalue weighted by Gasteiger charge is -2.22. The summed E-state index contributed by atoms with van der Waals surface area (Å²) in [5.74, 6) is -0.515. The molecule has 0 N–H and O–H groups in total. The maximum Gasteiger partial charge on any atom is 0.313 e. The first-order valence-corrected chi connectivity index (χ1v) is 5.77. The van der Waals surface area contributed by atoms with Crippen molar-refractivity contribution in [2.45, 2.75) is 20.4 Å². The van der Waals surface area contributed by atoms with Crippen LogP contribution in [-0.4, -0.2) is 17.6 Å². The fourth-order valence-electron chi connectivity index (χ4n) is 2.08. The summed E-state index contributed by atoms with van der Waals surface area (Å²) in [6.07, 6.45) is 1.86. The number of rotatable bonds is 3. The lowest BCUT2D eigenvalue weighted by atomic mass is 9.93. The van der Waals surface area contributed by atoms with Gasteiger partial charge in [-0.1, -0.05) is 0 Å². The first kappa shape index (κ1) is 12.6. The van der Waals surface area contributed by atoms with Crippen LogP contribution in [0.25, 0.3) is 10.9 Å². The van der Waals surface area contributed by atoms with Crippen LogP contribution in [0.15, 0.2) is 30.5 Å². The van der Waals surface area contributed by atoms with Crippen LogP contribution >= 0.6 is 0 Å². The lowest BCUT2D eigenvalue weighted by Crippen LogP contribution is -2.30. The summed E-state index contributed by atoms with van der Waals surface area (Å²) in [6.45, 7) is 4.15. The number of esters is 1. The zero-order chi connectivity index (χ0) is 13.3. The molecule has 0 spiro atoms. The number of ether oxygens (including phenoxy) is 1. The average molecular weight is 249 g/mol. The van der Waals surface area contributed by atoms with Crippen molar-refractivity contribution >= 4 is 16.9 Å². The van der Waals surface area contributed by atoms with Crippen LogP contribution in [0.5, 0.6) is 0 Å². The molecule has 0 radical (unpaired) electrons. The van der Waals surface area contributed by atoms with E-state index in [1.165, 1.54) is 19.2 Å². The van der Waals surface area contributed by atoms with Crippen molar-refractivity contribution in [3.8, 4) is 0 Å². The van der Waals surface area contributed by atoms with Crippen LogP contribution in [-0.2, 0) is 16.1 Å². The number of methoxy groups -OCH3 is 1. The second kappa shape index (κ2) is 4.44. The molecule has 0 amide bonds. The molecule has 0 saturated carbocycles. The molecule has 0 aliphatic carbocycles. The average Bonchev–Trinajstić information content (AvgIpc) is 2.69. The second-order valence-corrected chi connectivity index (χ2v) is 5.02. The molecule has 1 aromatic carbocycles. The minimum absolute atomic E-state index is 0.257. The van der Waals surface area contributed by atoms with E-state index in [0.717, 1.165) is 10.9 Å². The van der Waals surface area contributed by atoms with E-state index in [2.05, 4.69) is 0 Å². The van der Waals surface area contributed by atoms with Crippen molar-refractivity contribution < 1.29 is 13.9 Å². The van der Waals surface area contributed by atoms with E-state index >= 15 is 0 Å². The summed E-state index contributed by atoms with van der Waals surface area (Å²) in [5.41, 5.74) is 0.295. The first-order valence-electron chi connectivity index (χ1n) is 5.77. The summed E-state index contributed by atoms with van der Waals surface area (Å²) >= 11 is 0. The van der Waals surface area contributed by atoms with Crippen molar-refractivity contribution in [3.05, 3.63) is 36.3 Å². The summed E-state index contributed by atoms with van der Waals surface area (Å²) < 4.78 is 19.8. The van der Waals surface area contributed by atoms with Gasteiger partial charge in [-0.3, -0.25) is 4.79 Å². The quantitative estimate of drug-likeness (QED) is 0.783. The Bertz CT molecular complexity index is 586. The summed E-state index contributed by atoms with van der Waals surface area (Å²) in [6, 6.07) is 6.46. The molecule has 4 heteroatoms. The molecule has 3 nitrogen and oxygen atoms in total. The van der Waals surface area contributed by atoms with Crippen LogP contribution < -0.4 is 0 Å². The van der Waals surface area contributed by atoms with Crippen molar-refractivity contribution in [1.82, 2.24) is 4.57 Å². The van der Waals surface area contributed by atoms with Gasteiger partial charge in [0.2, 0.25) is 0 Å². The van der Waals surface area contributed by atoms with Gasteiger partial charge in [-0.25, -0.2) is 4.39 Å². The minimum atomic E-state index is -0.616.